The van der Waals surface area contributed by atoms with E-state index in [4.69, 9.17) is 10.8 Å². The molecule has 0 unspecified atom stereocenters. The topological polar surface area (TPSA) is 113 Å². The summed E-state index contributed by atoms with van der Waals surface area (Å²) < 4.78 is 0. The first-order valence-electron chi connectivity index (χ1n) is 9.65. The Hall–Kier alpha value is -3.22. The van der Waals surface area contributed by atoms with Crippen molar-refractivity contribution < 1.29 is 19.8 Å². The zero-order valence-electron chi connectivity index (χ0n) is 17.2. The van der Waals surface area contributed by atoms with Gasteiger partial charge < -0.3 is 21.3 Å². The molecule has 0 spiro atoms. The van der Waals surface area contributed by atoms with Crippen molar-refractivity contribution in [1.82, 2.24) is 5.32 Å². The molecule has 0 fully saturated rings. The Morgan fingerprint density at radius 3 is 2.20 bits per heavy atom. The second-order valence-electron chi connectivity index (χ2n) is 7.60. The number of fused-ring (bicyclic) bond motifs is 1. The molecule has 3 rings (SSSR count). The van der Waals surface area contributed by atoms with Gasteiger partial charge in [0, 0.05) is 6.42 Å². The van der Waals surface area contributed by atoms with Crippen LogP contribution in [0.4, 0.5) is 0 Å². The van der Waals surface area contributed by atoms with E-state index in [9.17, 15) is 14.7 Å². The Bertz CT molecular complexity index is 968. The minimum Gasteiger partial charge on any atom is -0.480 e. The lowest BCUT2D eigenvalue weighted by atomic mass is 9.91. The SMILES string of the molecule is CC(C)(O)[C@H](N)c1ccc2ccccc2c1.O=CN[C@H](Cc1ccccc1)C(=O)O. The number of nitrogens with one attached hydrogen (secondary N) is 1. The molecule has 0 saturated heterocycles. The van der Waals surface area contributed by atoms with Crippen LogP contribution in [-0.4, -0.2) is 34.2 Å². The highest BCUT2D eigenvalue weighted by atomic mass is 16.4. The van der Waals surface area contributed by atoms with Gasteiger partial charge in [0.05, 0.1) is 11.6 Å². The summed E-state index contributed by atoms with van der Waals surface area (Å²) >= 11 is 0. The average molecular weight is 408 g/mol. The zero-order valence-corrected chi connectivity index (χ0v) is 17.2. The largest absolute Gasteiger partial charge is 0.480 e. The second-order valence-corrected chi connectivity index (χ2v) is 7.60. The van der Waals surface area contributed by atoms with Crippen molar-refractivity contribution in [2.75, 3.05) is 0 Å². The number of nitrogens with two attached hydrogens (primary N) is 1. The second kappa shape index (κ2) is 10.5. The van der Waals surface area contributed by atoms with Crippen molar-refractivity contribution in [3.8, 4) is 0 Å². The fourth-order valence-corrected chi connectivity index (χ4v) is 2.96. The third-order valence-corrected chi connectivity index (χ3v) is 4.74. The predicted molar refractivity (Wildman–Crippen MR) is 118 cm³/mol. The molecule has 3 aromatic rings. The highest BCUT2D eigenvalue weighted by molar-refractivity contribution is 5.83. The monoisotopic (exact) mass is 408 g/mol. The summed E-state index contributed by atoms with van der Waals surface area (Å²) in [6.45, 7) is 3.46. The average Bonchev–Trinajstić information content (AvgIpc) is 2.73. The Morgan fingerprint density at radius 2 is 1.63 bits per heavy atom. The summed E-state index contributed by atoms with van der Waals surface area (Å²) in [6, 6.07) is 22.1. The molecule has 0 aliphatic carbocycles. The number of amides is 1. The number of hydrogen-bond donors (Lipinski definition) is 4. The summed E-state index contributed by atoms with van der Waals surface area (Å²) in [5, 5.41) is 23.2. The van der Waals surface area contributed by atoms with Gasteiger partial charge in [0.15, 0.2) is 0 Å². The highest BCUT2D eigenvalue weighted by Crippen LogP contribution is 2.25. The minimum atomic E-state index is -1.03. The van der Waals surface area contributed by atoms with Crippen LogP contribution in [-0.2, 0) is 16.0 Å². The van der Waals surface area contributed by atoms with Gasteiger partial charge in [-0.05, 0) is 41.8 Å². The van der Waals surface area contributed by atoms with Crippen molar-refractivity contribution in [2.45, 2.75) is 38.0 Å². The van der Waals surface area contributed by atoms with Crippen LogP contribution in [0, 0.1) is 0 Å². The van der Waals surface area contributed by atoms with Crippen molar-refractivity contribution in [3.63, 3.8) is 0 Å². The standard InChI is InChI=1S/C14H17NO.C10H11NO3/c1-14(2,16)13(15)12-8-7-10-5-3-4-6-11(10)9-12;12-7-11-9(10(13)14)6-8-4-2-1-3-5-8/h3-9,13,16H,15H2,1-2H3;1-5,7,9H,6H2,(H,11,12)(H,13,14)/t13-;9-/m11/s1. The highest BCUT2D eigenvalue weighted by Gasteiger charge is 2.24. The normalized spacial score (nSPS) is 12.9. The van der Waals surface area contributed by atoms with Gasteiger partial charge in [-0.15, -0.1) is 0 Å². The van der Waals surface area contributed by atoms with Gasteiger partial charge in [0.2, 0.25) is 6.41 Å². The van der Waals surface area contributed by atoms with E-state index >= 15 is 0 Å². The van der Waals surface area contributed by atoms with Crippen molar-refractivity contribution in [3.05, 3.63) is 83.9 Å². The molecule has 30 heavy (non-hydrogen) atoms. The van der Waals surface area contributed by atoms with E-state index in [0.29, 0.717) is 12.8 Å². The van der Waals surface area contributed by atoms with Crippen LogP contribution in [0.25, 0.3) is 10.8 Å². The number of benzene rings is 3. The molecule has 2 atom stereocenters. The lowest BCUT2D eigenvalue weighted by Crippen LogP contribution is -2.37. The molecule has 0 radical (unpaired) electrons. The first kappa shape index (κ1) is 23.1. The molecule has 158 valence electrons. The smallest absolute Gasteiger partial charge is 0.326 e. The van der Waals surface area contributed by atoms with Crippen molar-refractivity contribution in [1.29, 1.82) is 0 Å². The van der Waals surface area contributed by atoms with Crippen LogP contribution in [0.5, 0.6) is 0 Å². The van der Waals surface area contributed by atoms with Crippen LogP contribution >= 0.6 is 0 Å². The number of aliphatic hydroxyl groups is 1. The van der Waals surface area contributed by atoms with Gasteiger partial charge in [-0.3, -0.25) is 4.79 Å². The molecular formula is C24H28N2O4. The Labute approximate surface area is 176 Å². The Kier molecular flexibility index (Phi) is 8.09. The maximum atomic E-state index is 10.7. The summed E-state index contributed by atoms with van der Waals surface area (Å²) in [4.78, 5) is 20.8. The Balaban J connectivity index is 0.000000216. The van der Waals surface area contributed by atoms with Crippen LogP contribution in [0.1, 0.15) is 31.0 Å². The van der Waals surface area contributed by atoms with Gasteiger partial charge in [-0.1, -0.05) is 66.7 Å². The predicted octanol–water partition coefficient (Wildman–Crippen LogP) is 3.04. The fraction of sp³-hybridized carbons (Fsp3) is 0.250. The van der Waals surface area contributed by atoms with Gasteiger partial charge in [0.25, 0.3) is 0 Å². The molecule has 0 aliphatic heterocycles. The van der Waals surface area contributed by atoms with Crippen molar-refractivity contribution >= 4 is 23.2 Å². The quantitative estimate of drug-likeness (QED) is 0.449. The number of rotatable bonds is 7. The van der Waals surface area contributed by atoms with E-state index in [-0.39, 0.29) is 6.04 Å². The maximum Gasteiger partial charge on any atom is 0.326 e. The molecule has 6 heteroatoms. The number of carboxylic acids is 1. The fourth-order valence-electron chi connectivity index (χ4n) is 2.96. The molecule has 0 aliphatic rings. The third-order valence-electron chi connectivity index (χ3n) is 4.74. The third kappa shape index (κ3) is 6.69. The van der Waals surface area contributed by atoms with Crippen LogP contribution in [0.3, 0.4) is 0 Å². The molecule has 0 aromatic heterocycles. The van der Waals surface area contributed by atoms with E-state index in [1.807, 2.05) is 60.7 Å². The van der Waals surface area contributed by atoms with Gasteiger partial charge in [0.1, 0.15) is 6.04 Å². The van der Waals surface area contributed by atoms with Crippen LogP contribution in [0.2, 0.25) is 0 Å². The van der Waals surface area contributed by atoms with E-state index in [2.05, 4.69) is 17.4 Å². The van der Waals surface area contributed by atoms with E-state index in [1.54, 1.807) is 13.8 Å². The van der Waals surface area contributed by atoms with Crippen LogP contribution in [0.15, 0.2) is 72.8 Å². The number of carboxylic acid groups (broad SMARTS) is 1. The zero-order chi connectivity index (χ0) is 22.1. The molecule has 5 N–H and O–H groups in total. The summed E-state index contributed by atoms with van der Waals surface area (Å²) in [5.41, 5.74) is 6.96. The molecule has 3 aromatic carbocycles. The Morgan fingerprint density at radius 1 is 1.03 bits per heavy atom. The summed E-state index contributed by atoms with van der Waals surface area (Å²) in [6.07, 6.45) is 0.705. The summed E-state index contributed by atoms with van der Waals surface area (Å²) in [5.74, 6) is -1.03. The number of aliphatic carboxylic acids is 1. The van der Waals surface area contributed by atoms with E-state index in [0.717, 1.165) is 16.5 Å². The molecule has 1 amide bonds. The van der Waals surface area contributed by atoms with E-state index < -0.39 is 17.6 Å². The number of carbonyl (C=O) groups excluding carboxylic acids is 1. The lowest BCUT2D eigenvalue weighted by Gasteiger charge is -2.26. The first-order chi connectivity index (χ1) is 14.2. The summed E-state index contributed by atoms with van der Waals surface area (Å²) in [7, 11) is 0. The molecular weight excluding hydrogens is 380 g/mol. The molecule has 0 bridgehead atoms. The number of carbonyl (C=O) groups is 2. The van der Waals surface area contributed by atoms with Gasteiger partial charge in [-0.2, -0.15) is 0 Å². The van der Waals surface area contributed by atoms with E-state index in [1.165, 1.54) is 5.39 Å². The van der Waals surface area contributed by atoms with Gasteiger partial charge >= 0.3 is 5.97 Å². The maximum absolute atomic E-state index is 10.7. The molecule has 0 heterocycles. The van der Waals surface area contributed by atoms with Gasteiger partial charge in [-0.25, -0.2) is 4.79 Å². The first-order valence-corrected chi connectivity index (χ1v) is 9.65. The lowest BCUT2D eigenvalue weighted by molar-refractivity contribution is -0.140. The molecule has 0 saturated carbocycles. The molecule has 6 nitrogen and oxygen atoms in total. The number of hydrogen-bond acceptors (Lipinski definition) is 4. The minimum absolute atomic E-state index is 0.301. The van der Waals surface area contributed by atoms with Crippen LogP contribution < -0.4 is 11.1 Å². The van der Waals surface area contributed by atoms with Crippen molar-refractivity contribution in [2.24, 2.45) is 5.73 Å².